The SMILES string of the molecule is Cc1c(C(=O)N2CCC(N3CCCCC3)CC2)n(C)c2ccc(Cl)cc12. The molecule has 140 valence electrons. The first-order chi connectivity index (χ1) is 12.6. The molecule has 2 aromatic rings. The van der Waals surface area contributed by atoms with Crippen LogP contribution in [0.1, 0.15) is 48.2 Å². The first kappa shape index (κ1) is 17.9. The minimum atomic E-state index is 0.161. The molecule has 2 fully saturated rings. The number of nitrogens with zero attached hydrogens (tertiary/aromatic N) is 3. The summed E-state index contributed by atoms with van der Waals surface area (Å²) in [7, 11) is 1.98. The van der Waals surface area contributed by atoms with Crippen LogP contribution in [0.5, 0.6) is 0 Å². The third-order valence-corrected chi connectivity index (χ3v) is 6.51. The van der Waals surface area contributed by atoms with E-state index < -0.39 is 0 Å². The number of benzene rings is 1. The highest BCUT2D eigenvalue weighted by Gasteiger charge is 2.30. The van der Waals surface area contributed by atoms with E-state index in [1.165, 1.54) is 32.4 Å². The third-order valence-electron chi connectivity index (χ3n) is 6.28. The maximum atomic E-state index is 13.2. The molecule has 0 N–H and O–H groups in total. The standard InChI is InChI=1S/C21H28ClN3O/c1-15-18-14-16(22)6-7-19(18)23(2)20(15)21(26)25-12-8-17(9-13-25)24-10-4-3-5-11-24/h6-7,14,17H,3-5,8-13H2,1-2H3. The number of carbonyl (C=O) groups excluding carboxylic acids is 1. The van der Waals surface area contributed by atoms with Gasteiger partial charge < -0.3 is 14.4 Å². The molecule has 0 spiro atoms. The van der Waals surface area contributed by atoms with Gasteiger partial charge in [0, 0.05) is 42.1 Å². The summed E-state index contributed by atoms with van der Waals surface area (Å²) in [5.41, 5.74) is 2.91. The summed E-state index contributed by atoms with van der Waals surface area (Å²) in [4.78, 5) is 17.9. The van der Waals surface area contributed by atoms with Gasteiger partial charge in [-0.2, -0.15) is 0 Å². The zero-order valence-corrected chi connectivity index (χ0v) is 16.6. The van der Waals surface area contributed by atoms with Gasteiger partial charge in [-0.3, -0.25) is 4.79 Å². The van der Waals surface area contributed by atoms with Crippen LogP contribution in [0.4, 0.5) is 0 Å². The summed E-state index contributed by atoms with van der Waals surface area (Å²) in [6, 6.07) is 6.52. The number of hydrogen-bond donors (Lipinski definition) is 0. The number of likely N-dealkylation sites (tertiary alicyclic amines) is 2. The van der Waals surface area contributed by atoms with Crippen LogP contribution in [0.2, 0.25) is 5.02 Å². The molecule has 0 saturated carbocycles. The molecule has 1 aromatic heterocycles. The van der Waals surface area contributed by atoms with Crippen LogP contribution in [0.15, 0.2) is 18.2 Å². The van der Waals surface area contributed by atoms with Crippen LogP contribution in [-0.4, -0.2) is 52.5 Å². The van der Waals surface area contributed by atoms with Gasteiger partial charge in [-0.25, -0.2) is 0 Å². The molecule has 2 aliphatic heterocycles. The molecular formula is C21H28ClN3O. The Morgan fingerprint density at radius 2 is 1.77 bits per heavy atom. The van der Waals surface area contributed by atoms with E-state index >= 15 is 0 Å². The molecule has 1 aromatic carbocycles. The zero-order chi connectivity index (χ0) is 18.3. The molecule has 1 amide bonds. The quantitative estimate of drug-likeness (QED) is 0.788. The highest BCUT2D eigenvalue weighted by Crippen LogP contribution is 2.29. The second kappa shape index (κ2) is 7.24. The van der Waals surface area contributed by atoms with Crippen molar-refractivity contribution in [2.45, 2.75) is 45.1 Å². The summed E-state index contributed by atoms with van der Waals surface area (Å²) in [6.07, 6.45) is 6.23. The van der Waals surface area contributed by atoms with Gasteiger partial charge in [0.2, 0.25) is 0 Å². The number of piperidine rings is 2. The molecular weight excluding hydrogens is 346 g/mol. The van der Waals surface area contributed by atoms with Crippen LogP contribution in [-0.2, 0) is 7.05 Å². The van der Waals surface area contributed by atoms with Crippen LogP contribution in [0.3, 0.4) is 0 Å². The Balaban J connectivity index is 1.51. The first-order valence-electron chi connectivity index (χ1n) is 9.84. The number of rotatable bonds is 2. The molecule has 0 bridgehead atoms. The second-order valence-corrected chi connectivity index (χ2v) is 8.25. The lowest BCUT2D eigenvalue weighted by Gasteiger charge is -2.40. The summed E-state index contributed by atoms with van der Waals surface area (Å²) in [5, 5.41) is 1.79. The van der Waals surface area contributed by atoms with Crippen LogP contribution < -0.4 is 0 Å². The zero-order valence-electron chi connectivity index (χ0n) is 15.8. The van der Waals surface area contributed by atoms with E-state index in [0.717, 1.165) is 48.1 Å². The summed E-state index contributed by atoms with van der Waals surface area (Å²) >= 11 is 6.16. The number of amides is 1. The van der Waals surface area contributed by atoms with Gasteiger partial charge in [0.1, 0.15) is 5.69 Å². The van der Waals surface area contributed by atoms with Crippen LogP contribution in [0.25, 0.3) is 10.9 Å². The number of fused-ring (bicyclic) bond motifs is 1. The van der Waals surface area contributed by atoms with Crippen LogP contribution >= 0.6 is 11.6 Å². The highest BCUT2D eigenvalue weighted by molar-refractivity contribution is 6.31. The van der Waals surface area contributed by atoms with E-state index in [0.29, 0.717) is 11.1 Å². The van der Waals surface area contributed by atoms with E-state index in [9.17, 15) is 4.79 Å². The van der Waals surface area contributed by atoms with E-state index in [1.807, 2.05) is 41.6 Å². The van der Waals surface area contributed by atoms with E-state index in [1.54, 1.807) is 0 Å². The molecule has 2 saturated heterocycles. The molecule has 0 radical (unpaired) electrons. The van der Waals surface area contributed by atoms with Gasteiger partial charge in [0.25, 0.3) is 5.91 Å². The van der Waals surface area contributed by atoms with Crippen molar-refractivity contribution < 1.29 is 4.79 Å². The molecule has 4 rings (SSSR count). The molecule has 0 atom stereocenters. The molecule has 26 heavy (non-hydrogen) atoms. The second-order valence-electron chi connectivity index (χ2n) is 7.81. The molecule has 0 unspecified atom stereocenters. The van der Waals surface area contributed by atoms with Gasteiger partial charge >= 0.3 is 0 Å². The Morgan fingerprint density at radius 1 is 1.08 bits per heavy atom. The maximum Gasteiger partial charge on any atom is 0.270 e. The Bertz CT molecular complexity index is 814. The van der Waals surface area contributed by atoms with Crippen molar-refractivity contribution in [3.8, 4) is 0 Å². The number of halogens is 1. The largest absolute Gasteiger partial charge is 0.339 e. The van der Waals surface area contributed by atoms with E-state index in [-0.39, 0.29) is 5.91 Å². The van der Waals surface area contributed by atoms with Crippen molar-refractivity contribution >= 4 is 28.4 Å². The Morgan fingerprint density at radius 3 is 2.46 bits per heavy atom. The van der Waals surface area contributed by atoms with Gasteiger partial charge in [0.05, 0.1) is 0 Å². The van der Waals surface area contributed by atoms with E-state index in [4.69, 9.17) is 11.6 Å². The van der Waals surface area contributed by atoms with Gasteiger partial charge in [-0.05, 0) is 69.5 Å². The number of hydrogen-bond acceptors (Lipinski definition) is 2. The predicted octanol–water partition coefficient (Wildman–Crippen LogP) is 4.23. The fourth-order valence-corrected chi connectivity index (χ4v) is 4.94. The molecule has 0 aliphatic carbocycles. The van der Waals surface area contributed by atoms with Crippen molar-refractivity contribution in [2.75, 3.05) is 26.2 Å². The number of aromatic nitrogens is 1. The molecule has 3 heterocycles. The normalized spacial score (nSPS) is 20.0. The average Bonchev–Trinajstić information content (AvgIpc) is 2.92. The minimum Gasteiger partial charge on any atom is -0.339 e. The van der Waals surface area contributed by atoms with Gasteiger partial charge in [0.15, 0.2) is 0 Å². The lowest BCUT2D eigenvalue weighted by Crippen LogP contribution is -2.48. The fourth-order valence-electron chi connectivity index (χ4n) is 4.77. The van der Waals surface area contributed by atoms with Crippen molar-refractivity contribution in [1.82, 2.24) is 14.4 Å². The minimum absolute atomic E-state index is 0.161. The topological polar surface area (TPSA) is 28.5 Å². The third kappa shape index (κ3) is 3.14. The van der Waals surface area contributed by atoms with Crippen molar-refractivity contribution in [3.05, 3.63) is 34.5 Å². The van der Waals surface area contributed by atoms with Crippen molar-refractivity contribution in [1.29, 1.82) is 0 Å². The lowest BCUT2D eigenvalue weighted by atomic mass is 9.99. The van der Waals surface area contributed by atoms with Crippen LogP contribution in [0, 0.1) is 6.92 Å². The molecule has 5 heteroatoms. The van der Waals surface area contributed by atoms with Crippen molar-refractivity contribution in [2.24, 2.45) is 7.05 Å². The average molecular weight is 374 g/mol. The Hall–Kier alpha value is -1.52. The first-order valence-corrected chi connectivity index (χ1v) is 10.2. The Kier molecular flexibility index (Phi) is 4.98. The summed E-state index contributed by atoms with van der Waals surface area (Å²) in [6.45, 7) is 6.24. The smallest absolute Gasteiger partial charge is 0.270 e. The van der Waals surface area contributed by atoms with Gasteiger partial charge in [-0.15, -0.1) is 0 Å². The maximum absolute atomic E-state index is 13.2. The number of aryl methyl sites for hydroxylation is 2. The predicted molar refractivity (Wildman–Crippen MR) is 107 cm³/mol. The summed E-state index contributed by atoms with van der Waals surface area (Å²) < 4.78 is 2.03. The monoisotopic (exact) mass is 373 g/mol. The van der Waals surface area contributed by atoms with E-state index in [2.05, 4.69) is 4.90 Å². The molecule has 2 aliphatic rings. The van der Waals surface area contributed by atoms with Crippen molar-refractivity contribution in [3.63, 3.8) is 0 Å². The number of carbonyl (C=O) groups is 1. The Labute approximate surface area is 160 Å². The van der Waals surface area contributed by atoms with Gasteiger partial charge in [-0.1, -0.05) is 18.0 Å². The fraction of sp³-hybridized carbons (Fsp3) is 0.571. The highest BCUT2D eigenvalue weighted by atomic mass is 35.5. The molecule has 4 nitrogen and oxygen atoms in total. The summed E-state index contributed by atoms with van der Waals surface area (Å²) in [5.74, 6) is 0.161. The lowest BCUT2D eigenvalue weighted by molar-refractivity contribution is 0.0581.